The van der Waals surface area contributed by atoms with E-state index >= 15 is 0 Å². The Labute approximate surface area is 213 Å². The zero-order valence-electron chi connectivity index (χ0n) is 21.7. The quantitative estimate of drug-likeness (QED) is 0.108. The van der Waals surface area contributed by atoms with Crippen LogP contribution in [-0.4, -0.2) is 64.3 Å². The first kappa shape index (κ1) is 31.4. The van der Waals surface area contributed by atoms with Crippen molar-refractivity contribution in [1.82, 2.24) is 5.32 Å². The van der Waals surface area contributed by atoms with E-state index in [2.05, 4.69) is 5.32 Å². The van der Waals surface area contributed by atoms with Gasteiger partial charge in [0.05, 0.1) is 12.2 Å². The van der Waals surface area contributed by atoms with Crippen molar-refractivity contribution in [3.63, 3.8) is 0 Å². The molecule has 0 spiro atoms. The lowest BCUT2D eigenvalue weighted by atomic mass is 9.87. The molecule has 1 aliphatic heterocycles. The molecule has 0 aromatic rings. The van der Waals surface area contributed by atoms with Crippen molar-refractivity contribution in [3.05, 3.63) is 36.0 Å². The van der Waals surface area contributed by atoms with Crippen molar-refractivity contribution < 1.29 is 39.2 Å². The number of carboxylic acids is 1. The van der Waals surface area contributed by atoms with Gasteiger partial charge in [0.15, 0.2) is 0 Å². The molecule has 0 bridgehead atoms. The van der Waals surface area contributed by atoms with Crippen molar-refractivity contribution in [3.8, 4) is 0 Å². The lowest BCUT2D eigenvalue weighted by Gasteiger charge is -2.25. The number of ketones is 1. The van der Waals surface area contributed by atoms with E-state index in [4.69, 9.17) is 9.84 Å². The highest BCUT2D eigenvalue weighted by Gasteiger charge is 2.27. The van der Waals surface area contributed by atoms with Crippen LogP contribution in [-0.2, 0) is 23.9 Å². The Morgan fingerprint density at radius 2 is 1.72 bits per heavy atom. The van der Waals surface area contributed by atoms with Gasteiger partial charge in [0, 0.05) is 44.3 Å². The molecule has 1 fully saturated rings. The van der Waals surface area contributed by atoms with E-state index in [1.165, 1.54) is 7.11 Å². The topological polar surface area (TPSA) is 150 Å². The second kappa shape index (κ2) is 16.2. The summed E-state index contributed by atoms with van der Waals surface area (Å²) in [6, 6.07) is 0. The van der Waals surface area contributed by atoms with E-state index in [0.29, 0.717) is 44.1 Å². The summed E-state index contributed by atoms with van der Waals surface area (Å²) in [6.45, 7) is 5.18. The number of allylic oxidation sites excluding steroid dienone is 2. The number of carboxylic acid groups (broad SMARTS) is 1. The number of Topliss-reactive ketones (excluding diaryl/α,β-unsaturated/α-hetero) is 1. The van der Waals surface area contributed by atoms with Gasteiger partial charge < -0.3 is 20.1 Å². The van der Waals surface area contributed by atoms with Gasteiger partial charge in [-0.25, -0.2) is 4.79 Å². The van der Waals surface area contributed by atoms with E-state index in [1.807, 2.05) is 6.08 Å². The molecule has 1 saturated heterocycles. The summed E-state index contributed by atoms with van der Waals surface area (Å²) in [5.41, 5.74) is 0.578. The summed E-state index contributed by atoms with van der Waals surface area (Å²) >= 11 is 0. The number of imide groups is 1. The Bertz CT molecular complexity index is 831. The van der Waals surface area contributed by atoms with Gasteiger partial charge in [-0.1, -0.05) is 38.2 Å². The maximum Gasteiger partial charge on any atom is 0.327 e. The SMILES string of the molecule is CO[C@H](/C=C/CC/C=C/C(=O)O)[C@@H](O)[C@@H](C)/C=C(\C)[C@@H](O)[C@@H](C)C(=O)CCCC1CC(=O)NC(=O)C1. The minimum atomic E-state index is -0.994. The summed E-state index contributed by atoms with van der Waals surface area (Å²) in [7, 11) is 1.48. The van der Waals surface area contributed by atoms with Crippen molar-refractivity contribution in [1.29, 1.82) is 0 Å². The van der Waals surface area contributed by atoms with Crippen molar-refractivity contribution in [2.24, 2.45) is 17.8 Å². The second-order valence-electron chi connectivity index (χ2n) is 9.54. The molecule has 2 amide bonds. The van der Waals surface area contributed by atoms with Gasteiger partial charge in [-0.3, -0.25) is 19.7 Å². The molecule has 0 saturated carbocycles. The number of rotatable bonds is 16. The number of nitrogens with one attached hydrogen (secondary N) is 1. The van der Waals surface area contributed by atoms with Gasteiger partial charge >= 0.3 is 5.97 Å². The number of aliphatic hydroxyl groups is 2. The standard InChI is InChI=1S/C27H41NO8/c1-17(14-18(2)27(35)22(36-4)12-7-5-6-8-13-25(32)33)26(34)19(3)21(29)11-9-10-20-15-23(30)28-24(31)16-20/h7-8,12-14,18-20,22,26-27,34-35H,5-6,9-11,15-16H2,1-4H3,(H,32,33)(H,28,30,31)/b12-7+,13-8+,17-14+/t18-,19-,22+,26+,27-/m0/s1. The Balaban J connectivity index is 2.57. The molecule has 5 atom stereocenters. The predicted octanol–water partition coefficient (Wildman–Crippen LogP) is 2.71. The molecule has 9 heteroatoms. The number of piperidine rings is 1. The first-order valence-electron chi connectivity index (χ1n) is 12.4. The lowest BCUT2D eigenvalue weighted by Crippen LogP contribution is -2.38. The number of amides is 2. The number of carbonyl (C=O) groups is 4. The molecule has 1 rings (SSSR count). The summed E-state index contributed by atoms with van der Waals surface area (Å²) < 4.78 is 5.37. The Hall–Kier alpha value is -2.62. The van der Waals surface area contributed by atoms with Crippen LogP contribution in [0.3, 0.4) is 0 Å². The van der Waals surface area contributed by atoms with Gasteiger partial charge in [0.1, 0.15) is 11.9 Å². The fourth-order valence-electron chi connectivity index (χ4n) is 4.27. The van der Waals surface area contributed by atoms with Crippen LogP contribution in [0.1, 0.15) is 65.7 Å². The van der Waals surface area contributed by atoms with E-state index < -0.39 is 30.2 Å². The minimum Gasteiger partial charge on any atom is -0.478 e. The van der Waals surface area contributed by atoms with E-state index in [9.17, 15) is 29.4 Å². The molecular weight excluding hydrogens is 466 g/mol. The van der Waals surface area contributed by atoms with Gasteiger partial charge in [-0.2, -0.15) is 0 Å². The average molecular weight is 508 g/mol. The molecule has 36 heavy (non-hydrogen) atoms. The summed E-state index contributed by atoms with van der Waals surface area (Å²) in [4.78, 5) is 46.0. The Morgan fingerprint density at radius 3 is 2.31 bits per heavy atom. The van der Waals surface area contributed by atoms with Crippen LogP contribution >= 0.6 is 0 Å². The highest BCUT2D eigenvalue weighted by molar-refractivity contribution is 5.97. The fraction of sp³-hybridized carbons (Fsp3) is 0.630. The monoisotopic (exact) mass is 507 g/mol. The van der Waals surface area contributed by atoms with Crippen LogP contribution in [0.5, 0.6) is 0 Å². The average Bonchev–Trinajstić information content (AvgIpc) is 2.81. The lowest BCUT2D eigenvalue weighted by molar-refractivity contribution is -0.135. The highest BCUT2D eigenvalue weighted by Crippen LogP contribution is 2.23. The third kappa shape index (κ3) is 11.4. The van der Waals surface area contributed by atoms with E-state index in [-0.39, 0.29) is 35.9 Å². The first-order valence-corrected chi connectivity index (χ1v) is 12.4. The zero-order chi connectivity index (χ0) is 27.3. The molecular formula is C27H41NO8. The number of hydrogen-bond donors (Lipinski definition) is 4. The maximum absolute atomic E-state index is 12.6. The van der Waals surface area contributed by atoms with Crippen molar-refractivity contribution in [2.75, 3.05) is 7.11 Å². The van der Waals surface area contributed by atoms with Gasteiger partial charge in [-0.15, -0.1) is 0 Å². The Kier molecular flexibility index (Phi) is 14.1. The number of carbonyl (C=O) groups excluding carboxylic acids is 3. The number of hydrogen-bond acceptors (Lipinski definition) is 7. The largest absolute Gasteiger partial charge is 0.478 e. The number of ether oxygens (including phenoxy) is 1. The second-order valence-corrected chi connectivity index (χ2v) is 9.54. The molecule has 1 aliphatic rings. The van der Waals surface area contributed by atoms with Crippen LogP contribution in [0, 0.1) is 17.8 Å². The van der Waals surface area contributed by atoms with E-state index in [0.717, 1.165) is 6.08 Å². The van der Waals surface area contributed by atoms with Crippen LogP contribution < -0.4 is 5.32 Å². The third-order valence-corrected chi connectivity index (χ3v) is 6.47. The molecule has 0 aliphatic carbocycles. The molecule has 0 unspecified atom stereocenters. The van der Waals surface area contributed by atoms with Crippen LogP contribution in [0.2, 0.25) is 0 Å². The normalized spacial score (nSPS) is 19.8. The molecule has 9 nitrogen and oxygen atoms in total. The number of methoxy groups -OCH3 is 1. The highest BCUT2D eigenvalue weighted by atomic mass is 16.5. The van der Waals surface area contributed by atoms with Crippen molar-refractivity contribution >= 4 is 23.6 Å². The number of unbranched alkanes of at least 4 members (excludes halogenated alkanes) is 1. The first-order chi connectivity index (χ1) is 17.0. The van der Waals surface area contributed by atoms with Crippen LogP contribution in [0.15, 0.2) is 36.0 Å². The minimum absolute atomic E-state index is 0.0489. The molecule has 1 heterocycles. The van der Waals surface area contributed by atoms with Crippen LogP contribution in [0.25, 0.3) is 0 Å². The summed E-state index contributed by atoms with van der Waals surface area (Å²) in [5, 5.41) is 32.3. The molecule has 202 valence electrons. The molecule has 0 aromatic heterocycles. The third-order valence-electron chi connectivity index (χ3n) is 6.47. The van der Waals surface area contributed by atoms with Gasteiger partial charge in [0.2, 0.25) is 11.8 Å². The van der Waals surface area contributed by atoms with E-state index in [1.54, 1.807) is 39.0 Å². The number of aliphatic hydroxyl groups excluding tert-OH is 2. The smallest absolute Gasteiger partial charge is 0.327 e. The summed E-state index contributed by atoms with van der Waals surface area (Å²) in [5.74, 6) is -2.68. The molecule has 0 aromatic carbocycles. The molecule has 0 radical (unpaired) electrons. The maximum atomic E-state index is 12.6. The number of aliphatic carboxylic acids is 1. The van der Waals surface area contributed by atoms with Crippen molar-refractivity contribution in [2.45, 2.75) is 84.0 Å². The van der Waals surface area contributed by atoms with Gasteiger partial charge in [-0.05, 0) is 44.1 Å². The predicted molar refractivity (Wildman–Crippen MR) is 135 cm³/mol. The van der Waals surface area contributed by atoms with Gasteiger partial charge in [0.25, 0.3) is 0 Å². The fourth-order valence-corrected chi connectivity index (χ4v) is 4.27. The Morgan fingerprint density at radius 1 is 1.11 bits per heavy atom. The van der Waals surface area contributed by atoms with Crippen LogP contribution in [0.4, 0.5) is 0 Å². The summed E-state index contributed by atoms with van der Waals surface area (Å²) in [6.07, 6.45) is 8.60. The molecule has 4 N–H and O–H groups in total. The zero-order valence-corrected chi connectivity index (χ0v) is 21.7.